The van der Waals surface area contributed by atoms with Crippen LogP contribution in [-0.2, 0) is 25.5 Å². The van der Waals surface area contributed by atoms with E-state index >= 15 is 0 Å². The van der Waals surface area contributed by atoms with Gasteiger partial charge in [0, 0.05) is 16.5 Å². The number of carbonyl (C=O) groups excluding carboxylic acids is 3. The summed E-state index contributed by atoms with van der Waals surface area (Å²) < 4.78 is 15.2. The molecule has 0 unspecified atom stereocenters. The number of ether oxygens (including phenoxy) is 2. The van der Waals surface area contributed by atoms with Crippen molar-refractivity contribution in [3.63, 3.8) is 0 Å². The van der Waals surface area contributed by atoms with E-state index in [1.54, 1.807) is 26.2 Å². The Morgan fingerprint density at radius 2 is 1.87 bits per heavy atom. The Hall–Kier alpha value is -3.46. The molecule has 3 aromatic rings. The van der Waals surface area contributed by atoms with Gasteiger partial charge in [0.05, 0.1) is 18.7 Å². The van der Waals surface area contributed by atoms with Gasteiger partial charge in [0.25, 0.3) is 5.91 Å². The van der Waals surface area contributed by atoms with Crippen molar-refractivity contribution in [3.05, 3.63) is 58.3 Å². The van der Waals surface area contributed by atoms with E-state index in [1.165, 1.54) is 11.3 Å². The van der Waals surface area contributed by atoms with Crippen LogP contribution in [0.15, 0.2) is 40.2 Å². The molecule has 0 bridgehead atoms. The molecule has 8 nitrogen and oxygen atoms in total. The van der Waals surface area contributed by atoms with E-state index in [0.717, 1.165) is 5.56 Å². The summed E-state index contributed by atoms with van der Waals surface area (Å²) in [6, 6.07) is 9.33. The third-order valence-corrected chi connectivity index (χ3v) is 5.37. The quantitative estimate of drug-likeness (QED) is 0.527. The topological polar surface area (TPSA) is 108 Å². The van der Waals surface area contributed by atoms with Crippen LogP contribution in [0.25, 0.3) is 11.1 Å². The Morgan fingerprint density at radius 3 is 2.52 bits per heavy atom. The molecule has 2 aromatic heterocycles. The summed E-state index contributed by atoms with van der Waals surface area (Å²) in [4.78, 5) is 37.0. The molecule has 0 saturated heterocycles. The van der Waals surface area contributed by atoms with Gasteiger partial charge in [-0.15, -0.1) is 11.3 Å². The summed E-state index contributed by atoms with van der Waals surface area (Å²) in [5.74, 6) is -1.14. The molecule has 1 aromatic carbocycles. The first-order valence-electron chi connectivity index (χ1n) is 9.62. The average molecular weight is 442 g/mol. The SMILES string of the molecule is CCOC(=O)c1c(-c2ccccc2)csc1NC(=O)COC(=O)Cc1c(C)noc1C. The second-order valence-corrected chi connectivity index (χ2v) is 7.51. The first-order valence-corrected chi connectivity index (χ1v) is 10.5. The minimum Gasteiger partial charge on any atom is -0.462 e. The standard InChI is InChI=1S/C22H22N2O6S/c1-4-28-22(27)20-17(15-8-6-5-7-9-15)12-31-21(20)23-18(25)11-29-19(26)10-16-13(2)24-30-14(16)3/h5-9,12H,4,10-11H2,1-3H3,(H,23,25). The highest BCUT2D eigenvalue weighted by Crippen LogP contribution is 2.36. The number of hydrogen-bond acceptors (Lipinski definition) is 8. The molecule has 1 amide bonds. The number of nitrogens with one attached hydrogen (secondary N) is 1. The maximum atomic E-state index is 12.5. The van der Waals surface area contributed by atoms with Crippen LogP contribution in [0.4, 0.5) is 5.00 Å². The molecule has 0 spiro atoms. The van der Waals surface area contributed by atoms with Gasteiger partial charge in [-0.25, -0.2) is 4.79 Å². The smallest absolute Gasteiger partial charge is 0.341 e. The van der Waals surface area contributed by atoms with Crippen molar-refractivity contribution in [2.24, 2.45) is 0 Å². The van der Waals surface area contributed by atoms with Gasteiger partial charge in [-0.2, -0.15) is 0 Å². The molecule has 9 heteroatoms. The molecular weight excluding hydrogens is 420 g/mol. The maximum Gasteiger partial charge on any atom is 0.341 e. The lowest BCUT2D eigenvalue weighted by atomic mass is 10.0. The summed E-state index contributed by atoms with van der Waals surface area (Å²) in [5.41, 5.74) is 3.00. The number of benzene rings is 1. The Morgan fingerprint density at radius 1 is 1.13 bits per heavy atom. The number of amides is 1. The fourth-order valence-electron chi connectivity index (χ4n) is 2.94. The van der Waals surface area contributed by atoms with Crippen LogP contribution in [-0.4, -0.2) is 36.2 Å². The molecule has 31 heavy (non-hydrogen) atoms. The first-order chi connectivity index (χ1) is 14.9. The lowest BCUT2D eigenvalue weighted by Crippen LogP contribution is -2.22. The highest BCUT2D eigenvalue weighted by molar-refractivity contribution is 7.15. The summed E-state index contributed by atoms with van der Waals surface area (Å²) in [6.07, 6.45) is -0.0420. The molecule has 2 heterocycles. The summed E-state index contributed by atoms with van der Waals surface area (Å²) >= 11 is 1.20. The summed E-state index contributed by atoms with van der Waals surface area (Å²) in [6.45, 7) is 4.86. The van der Waals surface area contributed by atoms with Gasteiger partial charge < -0.3 is 19.3 Å². The number of rotatable bonds is 8. The molecule has 0 aliphatic carbocycles. The monoisotopic (exact) mass is 442 g/mol. The minimum absolute atomic E-state index is 0.0420. The largest absolute Gasteiger partial charge is 0.462 e. The van der Waals surface area contributed by atoms with Crippen LogP contribution >= 0.6 is 11.3 Å². The second-order valence-electron chi connectivity index (χ2n) is 6.63. The van der Waals surface area contributed by atoms with Gasteiger partial charge in [-0.1, -0.05) is 35.5 Å². The fraction of sp³-hybridized carbons (Fsp3) is 0.273. The van der Waals surface area contributed by atoms with Gasteiger partial charge in [0.15, 0.2) is 6.61 Å². The van der Waals surface area contributed by atoms with E-state index in [-0.39, 0.29) is 18.6 Å². The van der Waals surface area contributed by atoms with Crippen molar-refractivity contribution in [1.29, 1.82) is 0 Å². The van der Waals surface area contributed by atoms with Gasteiger partial charge in [0.1, 0.15) is 16.3 Å². The van der Waals surface area contributed by atoms with Gasteiger partial charge in [-0.05, 0) is 26.3 Å². The predicted molar refractivity (Wildman–Crippen MR) is 115 cm³/mol. The third kappa shape index (κ3) is 5.37. The molecular formula is C22H22N2O6S. The average Bonchev–Trinajstić information content (AvgIpc) is 3.31. The molecule has 0 atom stereocenters. The van der Waals surface area contributed by atoms with Crippen LogP contribution < -0.4 is 5.32 Å². The Labute approximate surface area is 183 Å². The van der Waals surface area contributed by atoms with E-state index < -0.39 is 24.5 Å². The zero-order chi connectivity index (χ0) is 22.4. The van der Waals surface area contributed by atoms with Crippen LogP contribution in [0.1, 0.15) is 34.3 Å². The van der Waals surface area contributed by atoms with Crippen LogP contribution in [0, 0.1) is 13.8 Å². The molecule has 3 rings (SSSR count). The van der Waals surface area contributed by atoms with Gasteiger partial charge >= 0.3 is 11.9 Å². The highest BCUT2D eigenvalue weighted by Gasteiger charge is 2.23. The molecule has 0 saturated carbocycles. The Balaban J connectivity index is 1.68. The Kier molecular flexibility index (Phi) is 7.19. The molecule has 0 fully saturated rings. The van der Waals surface area contributed by atoms with Crippen LogP contribution in [0.3, 0.4) is 0 Å². The van der Waals surface area contributed by atoms with Crippen LogP contribution in [0.5, 0.6) is 0 Å². The maximum absolute atomic E-state index is 12.5. The van der Waals surface area contributed by atoms with Crippen molar-refractivity contribution in [3.8, 4) is 11.1 Å². The van der Waals surface area contributed by atoms with Crippen molar-refractivity contribution < 1.29 is 28.4 Å². The zero-order valence-electron chi connectivity index (χ0n) is 17.4. The predicted octanol–water partition coefficient (Wildman–Crippen LogP) is 3.92. The Bertz CT molecular complexity index is 1070. The number of esters is 2. The van der Waals surface area contributed by atoms with E-state index in [0.29, 0.717) is 27.6 Å². The first kappa shape index (κ1) is 22.2. The van der Waals surface area contributed by atoms with Crippen molar-refractivity contribution >= 4 is 34.2 Å². The number of aryl methyl sites for hydroxylation is 2. The summed E-state index contributed by atoms with van der Waals surface area (Å²) in [5, 5.41) is 8.55. The number of nitrogens with zero attached hydrogens (tertiary/aromatic N) is 1. The lowest BCUT2D eigenvalue weighted by Gasteiger charge is -2.09. The van der Waals surface area contributed by atoms with Crippen molar-refractivity contribution in [2.75, 3.05) is 18.5 Å². The lowest BCUT2D eigenvalue weighted by molar-refractivity contribution is -0.146. The van der Waals surface area contributed by atoms with Crippen LogP contribution in [0.2, 0.25) is 0 Å². The third-order valence-electron chi connectivity index (χ3n) is 4.47. The molecule has 0 aliphatic heterocycles. The second kappa shape index (κ2) is 10.0. The van der Waals surface area contributed by atoms with Gasteiger partial charge in [0.2, 0.25) is 0 Å². The molecule has 1 N–H and O–H groups in total. The van der Waals surface area contributed by atoms with Crippen molar-refractivity contribution in [1.82, 2.24) is 5.16 Å². The van der Waals surface area contributed by atoms with E-state index in [4.69, 9.17) is 14.0 Å². The number of anilines is 1. The zero-order valence-corrected chi connectivity index (χ0v) is 18.2. The normalized spacial score (nSPS) is 10.5. The molecule has 162 valence electrons. The number of thiophene rings is 1. The minimum atomic E-state index is -0.577. The molecule has 0 aliphatic rings. The van der Waals surface area contributed by atoms with Crippen molar-refractivity contribution in [2.45, 2.75) is 27.2 Å². The van der Waals surface area contributed by atoms with E-state index in [9.17, 15) is 14.4 Å². The van der Waals surface area contributed by atoms with E-state index in [2.05, 4.69) is 10.5 Å². The number of hydrogen-bond donors (Lipinski definition) is 1. The number of aromatic nitrogens is 1. The number of carbonyl (C=O) groups is 3. The van der Waals surface area contributed by atoms with E-state index in [1.807, 2.05) is 30.3 Å². The highest BCUT2D eigenvalue weighted by atomic mass is 32.1. The summed E-state index contributed by atoms with van der Waals surface area (Å²) in [7, 11) is 0. The fourth-order valence-corrected chi connectivity index (χ4v) is 3.92. The van der Waals surface area contributed by atoms with Gasteiger partial charge in [-0.3, -0.25) is 9.59 Å². The molecule has 0 radical (unpaired) electrons.